The highest BCUT2D eigenvalue weighted by molar-refractivity contribution is 6.77. The van der Waals surface area contributed by atoms with E-state index in [2.05, 4.69) is 73.3 Å². The molecule has 0 aromatic heterocycles. The van der Waals surface area contributed by atoms with Crippen LogP contribution in [-0.4, -0.2) is 52.6 Å². The van der Waals surface area contributed by atoms with Gasteiger partial charge in [0.25, 0.3) is 0 Å². The number of rotatable bonds is 12. The van der Waals surface area contributed by atoms with E-state index in [1.54, 1.807) is 11.1 Å². The molecule has 0 saturated carbocycles. The number of cyclic esters (lactones) is 1. The van der Waals surface area contributed by atoms with Crippen LogP contribution < -0.4 is 0 Å². The molecule has 8 heteroatoms. The Kier molecular flexibility index (Phi) is 10.4. The van der Waals surface area contributed by atoms with E-state index in [-0.39, 0.29) is 18.2 Å². The summed E-state index contributed by atoms with van der Waals surface area (Å²) in [5.41, 5.74) is 2.63. The van der Waals surface area contributed by atoms with Crippen LogP contribution in [0.1, 0.15) is 54.0 Å². The molecule has 1 heterocycles. The largest absolute Gasteiger partial charge is 0.530 e. The highest BCUT2D eigenvalue weighted by atomic mass is 28.4. The smallest absolute Gasteiger partial charge is 0.414 e. The van der Waals surface area contributed by atoms with Crippen molar-refractivity contribution in [3.8, 4) is 0 Å². The van der Waals surface area contributed by atoms with Crippen molar-refractivity contribution in [2.24, 2.45) is 4.99 Å². The van der Waals surface area contributed by atoms with Crippen molar-refractivity contribution in [2.75, 3.05) is 6.61 Å². The predicted molar refractivity (Wildman–Crippen MR) is 150 cm³/mol. The maximum absolute atomic E-state index is 12.6. The summed E-state index contributed by atoms with van der Waals surface area (Å²) in [5, 5.41) is 0. The van der Waals surface area contributed by atoms with E-state index >= 15 is 0 Å². The molecule has 35 heavy (non-hydrogen) atoms. The molecule has 2 atom stereocenters. The van der Waals surface area contributed by atoms with Crippen LogP contribution in [0.2, 0.25) is 36.3 Å². The van der Waals surface area contributed by atoms with Gasteiger partial charge in [0, 0.05) is 6.21 Å². The van der Waals surface area contributed by atoms with Gasteiger partial charge >= 0.3 is 6.09 Å². The Bertz CT molecular complexity index is 857. The predicted octanol–water partition coefficient (Wildman–Crippen LogP) is 7.35. The Hall–Kier alpha value is -1.91. The second-order valence-electron chi connectivity index (χ2n) is 11.4. The molecular formula is C27H46N2O4Si2. The third kappa shape index (κ3) is 8.05. The summed E-state index contributed by atoms with van der Waals surface area (Å²) in [4.78, 5) is 18.9. The molecule has 0 unspecified atom stereocenters. The molecule has 2 rings (SSSR count). The maximum atomic E-state index is 12.6. The first-order chi connectivity index (χ1) is 16.3. The molecule has 1 amide bonds. The average molecular weight is 519 g/mol. The minimum Gasteiger partial charge on any atom is -0.530 e. The molecule has 196 valence electrons. The van der Waals surface area contributed by atoms with Gasteiger partial charge in [0.15, 0.2) is 0 Å². The number of amides is 1. The average Bonchev–Trinajstić information content (AvgIpc) is 3.08. The topological polar surface area (TPSA) is 60.4 Å². The lowest BCUT2D eigenvalue weighted by Crippen LogP contribution is -2.50. The van der Waals surface area contributed by atoms with E-state index in [1.165, 1.54) is 0 Å². The van der Waals surface area contributed by atoms with E-state index in [9.17, 15) is 4.79 Å². The van der Waals surface area contributed by atoms with Crippen LogP contribution >= 0.6 is 0 Å². The molecule has 0 aliphatic carbocycles. The lowest BCUT2D eigenvalue weighted by molar-refractivity contribution is 0.165. The van der Waals surface area contributed by atoms with E-state index in [4.69, 9.17) is 18.6 Å². The van der Waals surface area contributed by atoms with Crippen LogP contribution in [-0.2, 0) is 20.0 Å². The van der Waals surface area contributed by atoms with Gasteiger partial charge in [-0.25, -0.2) is 9.79 Å². The zero-order valence-corrected chi connectivity index (χ0v) is 25.4. The first-order valence-electron chi connectivity index (χ1n) is 12.9. The van der Waals surface area contributed by atoms with Gasteiger partial charge in [0.2, 0.25) is 22.5 Å². The van der Waals surface area contributed by atoms with Gasteiger partial charge in [0.05, 0.1) is 18.3 Å². The summed E-state index contributed by atoms with van der Waals surface area (Å²) in [5.74, 6) is 0.433. The van der Waals surface area contributed by atoms with Crippen LogP contribution in [0.5, 0.6) is 0 Å². The van der Waals surface area contributed by atoms with E-state index < -0.39 is 16.6 Å². The zero-order valence-electron chi connectivity index (χ0n) is 23.4. The Labute approximate surface area is 215 Å². The molecule has 0 N–H and O–H groups in total. The van der Waals surface area contributed by atoms with Crippen molar-refractivity contribution in [1.29, 1.82) is 0 Å². The maximum Gasteiger partial charge on any atom is 0.414 e. The third-order valence-electron chi connectivity index (χ3n) is 6.49. The Balaban J connectivity index is 2.29. The molecule has 0 bridgehead atoms. The molecule has 1 fully saturated rings. The molecule has 0 radical (unpaired) electrons. The standard InChI is InChI=1S/C27H46N2O4Si2/c1-20(2)35(21(3)4,22(5)6)32-23(7)17-28-26(33-34(8,9)10)18-29-25(19-31-27(29)30)16-24-14-12-11-13-15-24/h11-15,17-18,20-23,25H,16,19H2,1-10H3/b26-18-,28-17+/t23-,25-/m0/s1. The number of carbonyl (C=O) groups excluding carboxylic acids is 1. The fourth-order valence-electron chi connectivity index (χ4n) is 5.13. The van der Waals surface area contributed by atoms with Gasteiger partial charge in [-0.05, 0) is 55.2 Å². The molecule has 6 nitrogen and oxygen atoms in total. The van der Waals surface area contributed by atoms with Gasteiger partial charge in [-0.1, -0.05) is 71.9 Å². The van der Waals surface area contributed by atoms with E-state index in [0.29, 0.717) is 35.5 Å². The summed E-state index contributed by atoms with van der Waals surface area (Å²) in [6.45, 7) is 22.4. The Morgan fingerprint density at radius 1 is 1.06 bits per heavy atom. The van der Waals surface area contributed by atoms with Gasteiger partial charge in [-0.3, -0.25) is 4.90 Å². The van der Waals surface area contributed by atoms with Crippen LogP contribution in [0, 0.1) is 0 Å². The quantitative estimate of drug-likeness (QED) is 0.165. The Morgan fingerprint density at radius 2 is 1.63 bits per heavy atom. The fourth-order valence-corrected chi connectivity index (χ4v) is 11.4. The van der Waals surface area contributed by atoms with Crippen LogP contribution in [0.3, 0.4) is 0 Å². The summed E-state index contributed by atoms with van der Waals surface area (Å²) in [6.07, 6.45) is 3.72. The fraction of sp³-hybridized carbons (Fsp3) is 0.630. The molecule has 1 aliphatic rings. The normalized spacial score (nSPS) is 18.8. The van der Waals surface area contributed by atoms with Crippen molar-refractivity contribution in [1.82, 2.24) is 4.90 Å². The molecule has 0 spiro atoms. The van der Waals surface area contributed by atoms with Crippen LogP contribution in [0.4, 0.5) is 4.79 Å². The Morgan fingerprint density at radius 3 is 2.14 bits per heavy atom. The van der Waals surface area contributed by atoms with Crippen molar-refractivity contribution < 1.29 is 18.4 Å². The monoisotopic (exact) mass is 518 g/mol. The summed E-state index contributed by atoms with van der Waals surface area (Å²) < 4.78 is 18.5. The van der Waals surface area contributed by atoms with E-state index in [0.717, 1.165) is 5.56 Å². The summed E-state index contributed by atoms with van der Waals surface area (Å²) >= 11 is 0. The number of carbonyl (C=O) groups is 1. The van der Waals surface area contributed by atoms with Crippen LogP contribution in [0.15, 0.2) is 47.4 Å². The minimum atomic E-state index is -2.04. The minimum absolute atomic E-state index is 0.100. The number of hydrogen-bond donors (Lipinski definition) is 0. The molecule has 1 aromatic rings. The first-order valence-corrected chi connectivity index (χ1v) is 18.4. The lowest BCUT2D eigenvalue weighted by Gasteiger charge is -2.43. The number of ether oxygens (including phenoxy) is 1. The number of hydrogen-bond acceptors (Lipinski definition) is 5. The highest BCUT2D eigenvalue weighted by Crippen LogP contribution is 2.42. The van der Waals surface area contributed by atoms with Gasteiger partial charge < -0.3 is 13.6 Å². The van der Waals surface area contributed by atoms with Crippen molar-refractivity contribution >= 4 is 28.9 Å². The number of aliphatic imine (C=N–C) groups is 1. The van der Waals surface area contributed by atoms with Crippen molar-refractivity contribution in [2.45, 2.75) is 103 Å². The number of nitrogens with zero attached hydrogens (tertiary/aromatic N) is 2. The second kappa shape index (κ2) is 12.4. The molecule has 1 aromatic carbocycles. The number of benzene rings is 1. The van der Waals surface area contributed by atoms with Crippen molar-refractivity contribution in [3.05, 3.63) is 48.0 Å². The summed E-state index contributed by atoms with van der Waals surface area (Å²) in [7, 11) is -4.01. The van der Waals surface area contributed by atoms with Crippen molar-refractivity contribution in [3.63, 3.8) is 0 Å². The zero-order chi connectivity index (χ0) is 26.4. The molecule has 1 aliphatic heterocycles. The van der Waals surface area contributed by atoms with Crippen LogP contribution in [0.25, 0.3) is 0 Å². The van der Waals surface area contributed by atoms with Gasteiger partial charge in [-0.2, -0.15) is 0 Å². The van der Waals surface area contributed by atoms with Gasteiger partial charge in [0.1, 0.15) is 6.61 Å². The van der Waals surface area contributed by atoms with E-state index in [1.807, 2.05) is 31.3 Å². The summed E-state index contributed by atoms with van der Waals surface area (Å²) in [6, 6.07) is 10.0. The SMILES string of the molecule is CC(C)[Si](O[C@@H](C)/C=N/C(=C/N1C(=O)OC[C@@H]1Cc1ccccc1)O[Si](C)(C)C)(C(C)C)C(C)C. The highest BCUT2D eigenvalue weighted by Gasteiger charge is 2.46. The second-order valence-corrected chi connectivity index (χ2v) is 21.3. The molecule has 1 saturated heterocycles. The van der Waals surface area contributed by atoms with Gasteiger partial charge in [-0.15, -0.1) is 0 Å². The molecular weight excluding hydrogens is 472 g/mol. The third-order valence-corrected chi connectivity index (χ3v) is 13.5. The lowest BCUT2D eigenvalue weighted by atomic mass is 10.1. The first kappa shape index (κ1) is 29.3.